The van der Waals surface area contributed by atoms with Crippen molar-refractivity contribution >= 4 is 5.91 Å². The highest BCUT2D eigenvalue weighted by Crippen LogP contribution is 2.36. The number of ether oxygens (including phenoxy) is 1. The van der Waals surface area contributed by atoms with Crippen LogP contribution in [0.3, 0.4) is 0 Å². The Morgan fingerprint density at radius 2 is 2.09 bits per heavy atom. The lowest BCUT2D eigenvalue weighted by molar-refractivity contribution is -0.0213. The number of rotatable bonds is 7. The third kappa shape index (κ3) is 4.61. The summed E-state index contributed by atoms with van der Waals surface area (Å²) in [6.07, 6.45) is 9.71. The largest absolute Gasteiger partial charge is 0.467 e. The predicted molar refractivity (Wildman–Crippen MR) is 125 cm³/mol. The van der Waals surface area contributed by atoms with Gasteiger partial charge in [0, 0.05) is 56.6 Å². The minimum Gasteiger partial charge on any atom is -0.467 e. The molecule has 1 atom stereocenters. The van der Waals surface area contributed by atoms with Gasteiger partial charge in [-0.2, -0.15) is 5.10 Å². The molecule has 2 aromatic heterocycles. The lowest BCUT2D eigenvalue weighted by Crippen LogP contribution is -2.58. The van der Waals surface area contributed by atoms with Gasteiger partial charge in [-0.15, -0.1) is 0 Å². The Bertz CT molecular complexity index is 942. The van der Waals surface area contributed by atoms with Gasteiger partial charge >= 0.3 is 0 Å². The number of fused-ring (bicyclic) bond motifs is 1. The van der Waals surface area contributed by atoms with Gasteiger partial charge in [0.05, 0.1) is 26.0 Å². The Kier molecular flexibility index (Phi) is 6.58. The van der Waals surface area contributed by atoms with Gasteiger partial charge in [-0.1, -0.05) is 12.8 Å². The van der Waals surface area contributed by atoms with Crippen LogP contribution in [0, 0.1) is 0 Å². The Morgan fingerprint density at radius 3 is 2.82 bits per heavy atom. The molecule has 1 unspecified atom stereocenters. The molecule has 3 heterocycles. The van der Waals surface area contributed by atoms with E-state index in [2.05, 4.69) is 15.3 Å². The molecule has 1 saturated carbocycles. The van der Waals surface area contributed by atoms with Crippen molar-refractivity contribution < 1.29 is 13.9 Å². The molecule has 2 aromatic rings. The molecule has 180 valence electrons. The van der Waals surface area contributed by atoms with Crippen molar-refractivity contribution in [1.82, 2.24) is 24.9 Å². The van der Waals surface area contributed by atoms with Crippen LogP contribution in [-0.2, 0) is 31.2 Å². The third-order valence-electron chi connectivity index (χ3n) is 7.91. The molecule has 1 saturated heterocycles. The van der Waals surface area contributed by atoms with E-state index in [4.69, 9.17) is 9.15 Å². The van der Waals surface area contributed by atoms with E-state index >= 15 is 0 Å². The molecule has 8 nitrogen and oxygen atoms in total. The van der Waals surface area contributed by atoms with Crippen LogP contribution in [0.2, 0.25) is 0 Å². The molecule has 0 radical (unpaired) electrons. The molecule has 1 aliphatic heterocycles. The zero-order valence-corrected chi connectivity index (χ0v) is 20.0. The Labute approximate surface area is 196 Å². The molecule has 5 rings (SSSR count). The normalized spacial score (nSPS) is 22.9. The minimum atomic E-state index is -0.0375. The van der Waals surface area contributed by atoms with Crippen LogP contribution >= 0.6 is 0 Å². The van der Waals surface area contributed by atoms with Gasteiger partial charge < -0.3 is 19.4 Å². The molecule has 33 heavy (non-hydrogen) atoms. The Balaban J connectivity index is 1.27. The highest BCUT2D eigenvalue weighted by atomic mass is 16.5. The number of furan rings is 1. The number of amides is 1. The molecule has 0 spiro atoms. The van der Waals surface area contributed by atoms with Crippen molar-refractivity contribution in [3.8, 4) is 0 Å². The molecular formula is C25H37N5O3. The number of hydrogen-bond acceptors (Lipinski definition) is 6. The van der Waals surface area contributed by atoms with Crippen LogP contribution in [0.4, 0.5) is 0 Å². The fraction of sp³-hybridized carbons (Fsp3) is 0.680. The van der Waals surface area contributed by atoms with E-state index in [-0.39, 0.29) is 11.4 Å². The summed E-state index contributed by atoms with van der Waals surface area (Å²) in [5, 5.41) is 8.57. The molecular weight excluding hydrogens is 418 g/mol. The van der Waals surface area contributed by atoms with Crippen LogP contribution in [0.1, 0.15) is 59.6 Å². The number of aromatic nitrogens is 2. The maximum Gasteiger partial charge on any atom is 0.274 e. The minimum absolute atomic E-state index is 0.0375. The summed E-state index contributed by atoms with van der Waals surface area (Å²) >= 11 is 0. The molecule has 2 aliphatic carbocycles. The fourth-order valence-corrected chi connectivity index (χ4v) is 6.03. The van der Waals surface area contributed by atoms with E-state index < -0.39 is 0 Å². The smallest absolute Gasteiger partial charge is 0.274 e. The standard InChI is InChI=1S/C25H37N5O3/c1-28(17-20-6-5-13-33-20)24(31)23-21-16-19(7-8-22(21)29(2)27-23)26-18-25(9-3-4-10-25)30-11-14-32-15-12-30/h5-6,13,19,26H,3-4,7-12,14-18H2,1-2H3. The molecule has 1 amide bonds. The van der Waals surface area contributed by atoms with Crippen LogP contribution in [0.15, 0.2) is 22.8 Å². The molecule has 0 bridgehead atoms. The highest BCUT2D eigenvalue weighted by molar-refractivity contribution is 5.94. The third-order valence-corrected chi connectivity index (χ3v) is 7.91. The van der Waals surface area contributed by atoms with Crippen LogP contribution in [0.5, 0.6) is 0 Å². The first-order chi connectivity index (χ1) is 16.1. The van der Waals surface area contributed by atoms with E-state index in [1.54, 1.807) is 11.2 Å². The van der Waals surface area contributed by atoms with Crippen molar-refractivity contribution in [3.05, 3.63) is 41.1 Å². The van der Waals surface area contributed by atoms with E-state index in [0.29, 0.717) is 18.3 Å². The number of carbonyl (C=O) groups is 1. The van der Waals surface area contributed by atoms with E-state index in [1.807, 2.05) is 30.9 Å². The maximum absolute atomic E-state index is 13.3. The highest BCUT2D eigenvalue weighted by Gasteiger charge is 2.40. The lowest BCUT2D eigenvalue weighted by Gasteiger charge is -2.44. The van der Waals surface area contributed by atoms with Crippen molar-refractivity contribution in [2.45, 2.75) is 63.1 Å². The van der Waals surface area contributed by atoms with Gasteiger partial charge in [-0.3, -0.25) is 14.4 Å². The van der Waals surface area contributed by atoms with E-state index in [1.165, 1.54) is 31.4 Å². The van der Waals surface area contributed by atoms with Crippen molar-refractivity contribution in [2.75, 3.05) is 39.9 Å². The molecule has 0 aromatic carbocycles. The first-order valence-corrected chi connectivity index (χ1v) is 12.4. The number of nitrogens with zero attached hydrogens (tertiary/aromatic N) is 4. The van der Waals surface area contributed by atoms with Gasteiger partial charge in [0.25, 0.3) is 5.91 Å². The van der Waals surface area contributed by atoms with E-state index in [9.17, 15) is 4.79 Å². The van der Waals surface area contributed by atoms with Gasteiger partial charge in [-0.25, -0.2) is 0 Å². The first kappa shape index (κ1) is 22.6. The van der Waals surface area contributed by atoms with Gasteiger partial charge in [0.1, 0.15) is 5.76 Å². The lowest BCUT2D eigenvalue weighted by atomic mass is 9.89. The number of carbonyl (C=O) groups excluding carboxylic acids is 1. The average molecular weight is 456 g/mol. The van der Waals surface area contributed by atoms with Crippen molar-refractivity contribution in [2.24, 2.45) is 7.05 Å². The van der Waals surface area contributed by atoms with Crippen LogP contribution in [-0.4, -0.2) is 77.0 Å². The maximum atomic E-state index is 13.3. The number of aryl methyl sites for hydroxylation is 1. The van der Waals surface area contributed by atoms with Crippen LogP contribution < -0.4 is 5.32 Å². The SMILES string of the molecule is CN(Cc1ccco1)C(=O)c1nn(C)c2c1CC(NCC1(N3CCOCC3)CCCC1)CC2. The summed E-state index contributed by atoms with van der Waals surface area (Å²) in [6.45, 7) is 5.25. The Hall–Kier alpha value is -2.16. The fourth-order valence-electron chi connectivity index (χ4n) is 6.03. The summed E-state index contributed by atoms with van der Waals surface area (Å²) in [4.78, 5) is 17.6. The Morgan fingerprint density at radius 1 is 1.30 bits per heavy atom. The predicted octanol–water partition coefficient (Wildman–Crippen LogP) is 2.38. The molecule has 1 N–H and O–H groups in total. The van der Waals surface area contributed by atoms with Crippen LogP contribution in [0.25, 0.3) is 0 Å². The van der Waals surface area contributed by atoms with Gasteiger partial charge in [0.2, 0.25) is 0 Å². The van der Waals surface area contributed by atoms with Crippen molar-refractivity contribution in [3.63, 3.8) is 0 Å². The number of morpholine rings is 1. The summed E-state index contributed by atoms with van der Waals surface area (Å²) in [5.41, 5.74) is 3.17. The topological polar surface area (TPSA) is 75.8 Å². The monoisotopic (exact) mass is 455 g/mol. The van der Waals surface area contributed by atoms with E-state index in [0.717, 1.165) is 63.4 Å². The molecule has 2 fully saturated rings. The summed E-state index contributed by atoms with van der Waals surface area (Å²) in [7, 11) is 3.78. The van der Waals surface area contributed by atoms with Gasteiger partial charge in [0.15, 0.2) is 5.69 Å². The quantitative estimate of drug-likeness (QED) is 0.691. The summed E-state index contributed by atoms with van der Waals surface area (Å²) in [6, 6.07) is 4.12. The number of nitrogens with one attached hydrogen (secondary N) is 1. The zero-order chi connectivity index (χ0) is 22.8. The second-order valence-electron chi connectivity index (χ2n) is 9.99. The summed E-state index contributed by atoms with van der Waals surface area (Å²) < 4.78 is 12.9. The second kappa shape index (κ2) is 9.60. The zero-order valence-electron chi connectivity index (χ0n) is 20.0. The average Bonchev–Trinajstić information content (AvgIpc) is 3.59. The van der Waals surface area contributed by atoms with Gasteiger partial charge in [-0.05, 0) is 44.2 Å². The summed E-state index contributed by atoms with van der Waals surface area (Å²) in [5.74, 6) is 0.740. The number of hydrogen-bond donors (Lipinski definition) is 1. The first-order valence-electron chi connectivity index (χ1n) is 12.4. The molecule has 8 heteroatoms. The molecule has 3 aliphatic rings. The van der Waals surface area contributed by atoms with Crippen molar-refractivity contribution in [1.29, 1.82) is 0 Å². The second-order valence-corrected chi connectivity index (χ2v) is 9.99.